The van der Waals surface area contributed by atoms with E-state index in [2.05, 4.69) is 20.8 Å². The van der Waals surface area contributed by atoms with E-state index in [0.717, 1.165) is 11.3 Å². The fourth-order valence-electron chi connectivity index (χ4n) is 2.18. The summed E-state index contributed by atoms with van der Waals surface area (Å²) in [4.78, 5) is 0. The molecular formula is C20H18N4O. The first kappa shape index (κ1) is 16.4. The highest BCUT2D eigenvalue weighted by atomic mass is 16.5. The van der Waals surface area contributed by atoms with E-state index in [0.29, 0.717) is 17.3 Å². The van der Waals surface area contributed by atoms with Crippen molar-refractivity contribution in [2.24, 2.45) is 15.3 Å². The Labute approximate surface area is 146 Å². The van der Waals surface area contributed by atoms with Crippen molar-refractivity contribution in [2.45, 2.75) is 0 Å². The first-order valence-electron chi connectivity index (χ1n) is 7.86. The Hall–Kier alpha value is -3.47. The molecule has 0 aliphatic rings. The molecule has 0 saturated heterocycles. The molecule has 5 nitrogen and oxygen atoms in total. The van der Waals surface area contributed by atoms with Gasteiger partial charge in [-0.3, -0.25) is 5.43 Å². The zero-order valence-electron chi connectivity index (χ0n) is 13.8. The minimum atomic E-state index is 0.482. The quantitative estimate of drug-likeness (QED) is 0.300. The Bertz CT molecular complexity index is 861. The molecule has 0 saturated carbocycles. The topological polar surface area (TPSA) is 58.3 Å². The summed E-state index contributed by atoms with van der Waals surface area (Å²) in [7, 11) is 1.61. The van der Waals surface area contributed by atoms with Crippen LogP contribution in [0.1, 0.15) is 5.56 Å². The predicted molar refractivity (Wildman–Crippen MR) is 101 cm³/mol. The van der Waals surface area contributed by atoms with Gasteiger partial charge in [-0.2, -0.15) is 5.10 Å². The number of nitrogens with one attached hydrogen (secondary N) is 1. The number of methoxy groups -OCH3 is 1. The third-order valence-electron chi connectivity index (χ3n) is 3.43. The van der Waals surface area contributed by atoms with Crippen LogP contribution in [0.5, 0.6) is 5.75 Å². The van der Waals surface area contributed by atoms with E-state index in [9.17, 15) is 0 Å². The van der Waals surface area contributed by atoms with E-state index in [1.54, 1.807) is 7.11 Å². The Kier molecular flexibility index (Phi) is 5.51. The third-order valence-corrected chi connectivity index (χ3v) is 3.43. The number of benzene rings is 3. The Morgan fingerprint density at radius 1 is 0.800 bits per heavy atom. The molecule has 0 fully saturated rings. The van der Waals surface area contributed by atoms with E-state index in [1.165, 1.54) is 0 Å². The monoisotopic (exact) mass is 330 g/mol. The molecule has 0 unspecified atom stereocenters. The summed E-state index contributed by atoms with van der Waals surface area (Å²) in [5.41, 5.74) is 5.40. The van der Waals surface area contributed by atoms with E-state index < -0.39 is 0 Å². The highest BCUT2D eigenvalue weighted by Crippen LogP contribution is 2.26. The minimum Gasteiger partial charge on any atom is -0.494 e. The van der Waals surface area contributed by atoms with E-state index in [-0.39, 0.29) is 0 Å². The van der Waals surface area contributed by atoms with Gasteiger partial charge in [-0.1, -0.05) is 60.7 Å². The molecule has 3 aromatic carbocycles. The van der Waals surface area contributed by atoms with Crippen LogP contribution in [0.3, 0.4) is 0 Å². The lowest BCUT2D eigenvalue weighted by Crippen LogP contribution is -2.01. The van der Waals surface area contributed by atoms with Crippen molar-refractivity contribution in [3.63, 3.8) is 0 Å². The molecule has 0 heterocycles. The first-order chi connectivity index (χ1) is 12.4. The van der Waals surface area contributed by atoms with Gasteiger partial charge in [0, 0.05) is 5.56 Å². The average Bonchev–Trinajstić information content (AvgIpc) is 2.70. The number of rotatable bonds is 5. The number of nitrogens with zero attached hydrogens (tertiary/aromatic N) is 3. The largest absolute Gasteiger partial charge is 0.494 e. The normalized spacial score (nSPS) is 11.5. The molecule has 0 aliphatic heterocycles. The maximum absolute atomic E-state index is 5.30. The van der Waals surface area contributed by atoms with Gasteiger partial charge in [0.25, 0.3) is 0 Å². The molecule has 3 aromatic rings. The Balaban J connectivity index is 1.90. The number of hydrogen-bond acceptors (Lipinski definition) is 4. The molecule has 0 amide bonds. The van der Waals surface area contributed by atoms with Gasteiger partial charge >= 0.3 is 0 Å². The summed E-state index contributed by atoms with van der Waals surface area (Å²) in [6, 6.07) is 26.9. The van der Waals surface area contributed by atoms with Crippen molar-refractivity contribution in [2.75, 3.05) is 12.5 Å². The number of azo groups is 1. The number of anilines is 1. The lowest BCUT2D eigenvalue weighted by atomic mass is 10.2. The number of para-hydroxylation sites is 2. The van der Waals surface area contributed by atoms with Crippen molar-refractivity contribution in [1.82, 2.24) is 0 Å². The third kappa shape index (κ3) is 4.51. The van der Waals surface area contributed by atoms with Gasteiger partial charge in [-0.15, -0.1) is 10.2 Å². The molecule has 3 rings (SSSR count). The van der Waals surface area contributed by atoms with Crippen LogP contribution in [0.4, 0.5) is 11.4 Å². The number of ether oxygens (including phenoxy) is 1. The molecule has 5 heteroatoms. The van der Waals surface area contributed by atoms with Crippen LogP contribution >= 0.6 is 0 Å². The molecule has 0 aliphatic carbocycles. The van der Waals surface area contributed by atoms with Crippen LogP contribution in [0.25, 0.3) is 0 Å². The fraction of sp³-hybridized carbons (Fsp3) is 0.0500. The molecule has 25 heavy (non-hydrogen) atoms. The second kappa shape index (κ2) is 8.40. The highest BCUT2D eigenvalue weighted by molar-refractivity contribution is 5.99. The second-order valence-electron chi connectivity index (χ2n) is 5.15. The SMILES string of the molecule is COc1ccccc1N=N/C(=N\Nc1ccccc1)c1ccccc1. The van der Waals surface area contributed by atoms with Crippen molar-refractivity contribution in [3.05, 3.63) is 90.5 Å². The fourth-order valence-corrected chi connectivity index (χ4v) is 2.18. The maximum Gasteiger partial charge on any atom is 0.201 e. The summed E-state index contributed by atoms with van der Waals surface area (Å²) in [5, 5.41) is 13.0. The van der Waals surface area contributed by atoms with Gasteiger partial charge < -0.3 is 4.74 Å². The predicted octanol–water partition coefficient (Wildman–Crippen LogP) is 5.25. The summed E-state index contributed by atoms with van der Waals surface area (Å²) in [6.45, 7) is 0. The average molecular weight is 330 g/mol. The Morgan fingerprint density at radius 3 is 2.16 bits per heavy atom. The van der Waals surface area contributed by atoms with Crippen LogP contribution in [-0.4, -0.2) is 12.9 Å². The number of amidine groups is 1. The summed E-state index contributed by atoms with van der Waals surface area (Å²) >= 11 is 0. The van der Waals surface area contributed by atoms with Crippen LogP contribution in [0.15, 0.2) is 100 Å². The van der Waals surface area contributed by atoms with Gasteiger partial charge in [0.1, 0.15) is 11.4 Å². The molecule has 0 radical (unpaired) electrons. The van der Waals surface area contributed by atoms with Gasteiger partial charge in [-0.05, 0) is 24.3 Å². The molecule has 124 valence electrons. The van der Waals surface area contributed by atoms with E-state index >= 15 is 0 Å². The van der Waals surface area contributed by atoms with Crippen molar-refractivity contribution < 1.29 is 4.74 Å². The van der Waals surface area contributed by atoms with Crippen LogP contribution in [0.2, 0.25) is 0 Å². The Morgan fingerprint density at radius 2 is 1.44 bits per heavy atom. The van der Waals surface area contributed by atoms with Gasteiger partial charge in [0.15, 0.2) is 0 Å². The van der Waals surface area contributed by atoms with Crippen LogP contribution in [-0.2, 0) is 0 Å². The number of hydrazone groups is 1. The van der Waals surface area contributed by atoms with E-state index in [1.807, 2.05) is 84.9 Å². The van der Waals surface area contributed by atoms with Gasteiger partial charge in [-0.25, -0.2) is 0 Å². The summed E-state index contributed by atoms with van der Waals surface area (Å²) in [6.07, 6.45) is 0. The molecular weight excluding hydrogens is 312 g/mol. The number of hydrogen-bond donors (Lipinski definition) is 1. The molecule has 0 aromatic heterocycles. The molecule has 0 bridgehead atoms. The molecule has 1 N–H and O–H groups in total. The first-order valence-corrected chi connectivity index (χ1v) is 7.86. The molecule has 0 atom stereocenters. The summed E-state index contributed by atoms with van der Waals surface area (Å²) < 4.78 is 5.30. The smallest absolute Gasteiger partial charge is 0.201 e. The summed E-state index contributed by atoms with van der Waals surface area (Å²) in [5.74, 6) is 1.14. The standard InChI is InChI=1S/C20H18N4O/c1-25-19-15-9-8-14-18(19)22-24-20(16-10-4-2-5-11-16)23-21-17-12-6-3-7-13-17/h2-15,21H,1H3/b23-20-,24-22?. The van der Waals surface area contributed by atoms with Crippen molar-refractivity contribution in [1.29, 1.82) is 0 Å². The van der Waals surface area contributed by atoms with Crippen LogP contribution < -0.4 is 10.2 Å². The zero-order valence-corrected chi connectivity index (χ0v) is 13.8. The van der Waals surface area contributed by atoms with Gasteiger partial charge in [0.05, 0.1) is 12.8 Å². The maximum atomic E-state index is 5.30. The van der Waals surface area contributed by atoms with Crippen molar-refractivity contribution in [3.8, 4) is 5.75 Å². The lowest BCUT2D eigenvalue weighted by molar-refractivity contribution is 0.416. The second-order valence-corrected chi connectivity index (χ2v) is 5.15. The van der Waals surface area contributed by atoms with Gasteiger partial charge in [0.2, 0.25) is 5.84 Å². The minimum absolute atomic E-state index is 0.482. The lowest BCUT2D eigenvalue weighted by Gasteiger charge is -2.04. The van der Waals surface area contributed by atoms with Crippen LogP contribution in [0, 0.1) is 0 Å². The molecule has 0 spiro atoms. The van der Waals surface area contributed by atoms with E-state index in [4.69, 9.17) is 4.74 Å². The zero-order chi connectivity index (χ0) is 17.3. The van der Waals surface area contributed by atoms with Crippen molar-refractivity contribution >= 4 is 17.2 Å². The highest BCUT2D eigenvalue weighted by Gasteiger charge is 2.04.